The molecule has 0 bridgehead atoms. The Morgan fingerprint density at radius 2 is 2.07 bits per heavy atom. The van der Waals surface area contributed by atoms with E-state index in [0.717, 1.165) is 18.4 Å². The Labute approximate surface area is 175 Å². The van der Waals surface area contributed by atoms with Crippen LogP contribution in [-0.2, 0) is 20.8 Å². The van der Waals surface area contributed by atoms with Crippen molar-refractivity contribution < 1.29 is 29.2 Å². The van der Waals surface area contributed by atoms with Crippen LogP contribution in [0.2, 0.25) is 0 Å². The molecule has 10 nitrogen and oxygen atoms in total. The number of azide groups is 1. The van der Waals surface area contributed by atoms with Crippen LogP contribution in [0.5, 0.6) is 0 Å². The maximum atomic E-state index is 11.7. The second kappa shape index (κ2) is 13.0. The molecule has 1 saturated heterocycles. The fraction of sp³-hybridized carbons (Fsp3) is 0.650. The first-order chi connectivity index (χ1) is 14.6. The molecule has 30 heavy (non-hydrogen) atoms. The molecule has 166 valence electrons. The third-order valence-electron chi connectivity index (χ3n) is 5.01. The molecule has 2 unspecified atom stereocenters. The van der Waals surface area contributed by atoms with Crippen molar-refractivity contribution in [3.63, 3.8) is 0 Å². The molecule has 0 radical (unpaired) electrons. The number of carbonyl (C=O) groups excluding carboxylic acids is 1. The van der Waals surface area contributed by atoms with Crippen LogP contribution in [0, 0.1) is 5.92 Å². The number of rotatable bonds is 11. The average molecular weight is 422 g/mol. The van der Waals surface area contributed by atoms with E-state index < -0.39 is 30.6 Å². The van der Waals surface area contributed by atoms with E-state index in [1.807, 2.05) is 30.3 Å². The number of benzene rings is 1. The van der Waals surface area contributed by atoms with E-state index in [0.29, 0.717) is 19.6 Å². The Kier molecular flexibility index (Phi) is 10.4. The molecule has 1 aliphatic heterocycles. The van der Waals surface area contributed by atoms with Crippen molar-refractivity contribution in [1.29, 1.82) is 0 Å². The van der Waals surface area contributed by atoms with Gasteiger partial charge in [0, 0.05) is 24.0 Å². The minimum Gasteiger partial charge on any atom is -0.445 e. The Hall–Kier alpha value is -2.36. The molecular weight excluding hydrogens is 392 g/mol. The summed E-state index contributed by atoms with van der Waals surface area (Å²) >= 11 is 0. The highest BCUT2D eigenvalue weighted by atomic mass is 16.7. The Morgan fingerprint density at radius 1 is 1.30 bits per heavy atom. The van der Waals surface area contributed by atoms with Gasteiger partial charge in [-0.3, -0.25) is 0 Å². The number of carbonyl (C=O) groups is 1. The normalized spacial score (nSPS) is 25.9. The molecule has 0 aromatic heterocycles. The summed E-state index contributed by atoms with van der Waals surface area (Å²) in [6.07, 6.45) is -0.673. The van der Waals surface area contributed by atoms with Gasteiger partial charge < -0.3 is 29.7 Å². The van der Waals surface area contributed by atoms with Gasteiger partial charge in [0.2, 0.25) is 0 Å². The average Bonchev–Trinajstić information content (AvgIpc) is 2.76. The number of aliphatic hydroxyl groups excluding tert-OH is 2. The molecule has 0 saturated carbocycles. The second-order valence-electron chi connectivity index (χ2n) is 7.19. The van der Waals surface area contributed by atoms with E-state index in [-0.39, 0.29) is 19.1 Å². The summed E-state index contributed by atoms with van der Waals surface area (Å²) in [5, 5.41) is 26.0. The van der Waals surface area contributed by atoms with E-state index in [1.54, 1.807) is 6.92 Å². The number of hydrogen-bond acceptors (Lipinski definition) is 7. The Bertz CT molecular complexity index is 685. The molecule has 5 atom stereocenters. The molecule has 1 aromatic rings. The monoisotopic (exact) mass is 422 g/mol. The summed E-state index contributed by atoms with van der Waals surface area (Å²) in [6, 6.07) is 8.58. The number of ether oxygens (including phenoxy) is 3. The van der Waals surface area contributed by atoms with E-state index in [1.165, 1.54) is 0 Å². The molecule has 1 aromatic carbocycles. The summed E-state index contributed by atoms with van der Waals surface area (Å²) in [5.74, 6) is -0.377. The third kappa shape index (κ3) is 7.47. The molecule has 2 rings (SSSR count). The van der Waals surface area contributed by atoms with E-state index in [9.17, 15) is 15.0 Å². The van der Waals surface area contributed by atoms with Crippen LogP contribution in [0.1, 0.15) is 31.7 Å². The van der Waals surface area contributed by atoms with Crippen LogP contribution in [0.4, 0.5) is 4.79 Å². The van der Waals surface area contributed by atoms with Gasteiger partial charge >= 0.3 is 6.09 Å². The van der Waals surface area contributed by atoms with Gasteiger partial charge in [-0.15, -0.1) is 0 Å². The van der Waals surface area contributed by atoms with Crippen molar-refractivity contribution in [3.8, 4) is 0 Å². The highest BCUT2D eigenvalue weighted by molar-refractivity contribution is 5.67. The number of nitrogens with one attached hydrogen (secondary N) is 1. The highest BCUT2D eigenvalue weighted by Gasteiger charge is 2.42. The first kappa shape index (κ1) is 23.9. The van der Waals surface area contributed by atoms with Gasteiger partial charge in [-0.05, 0) is 30.4 Å². The van der Waals surface area contributed by atoms with Crippen LogP contribution in [0.3, 0.4) is 0 Å². The number of unbranched alkanes of at least 4 members (excludes halogenated alkanes) is 2. The smallest absolute Gasteiger partial charge is 0.407 e. The van der Waals surface area contributed by atoms with E-state index in [4.69, 9.17) is 19.7 Å². The van der Waals surface area contributed by atoms with Gasteiger partial charge in [0.15, 0.2) is 6.29 Å². The van der Waals surface area contributed by atoms with Crippen LogP contribution < -0.4 is 5.32 Å². The lowest BCUT2D eigenvalue weighted by atomic mass is 9.90. The SMILES string of the molecule is C[C@H]1C(CO)O[C@@H](OCCCCCNC(=O)OCc2ccccc2)C(N=[N+]=[N-])[C@H]1O. The van der Waals surface area contributed by atoms with Gasteiger partial charge in [-0.2, -0.15) is 0 Å². The van der Waals surface area contributed by atoms with Crippen molar-refractivity contribution in [2.75, 3.05) is 19.8 Å². The number of nitrogens with zero attached hydrogens (tertiary/aromatic N) is 3. The zero-order valence-electron chi connectivity index (χ0n) is 17.1. The quantitative estimate of drug-likeness (QED) is 0.216. The number of alkyl carbamates (subject to hydrolysis) is 1. The van der Waals surface area contributed by atoms with Gasteiger partial charge in [0.1, 0.15) is 12.6 Å². The van der Waals surface area contributed by atoms with E-state index >= 15 is 0 Å². The van der Waals surface area contributed by atoms with Crippen molar-refractivity contribution >= 4 is 6.09 Å². The minimum atomic E-state index is -0.956. The zero-order chi connectivity index (χ0) is 21.8. The van der Waals surface area contributed by atoms with Gasteiger partial charge in [0.25, 0.3) is 0 Å². The molecule has 1 amide bonds. The summed E-state index contributed by atoms with van der Waals surface area (Å²) < 4.78 is 16.4. The van der Waals surface area contributed by atoms with Crippen molar-refractivity contribution in [2.24, 2.45) is 11.0 Å². The van der Waals surface area contributed by atoms with Gasteiger partial charge in [-0.1, -0.05) is 42.4 Å². The molecular formula is C20H30N4O6. The predicted molar refractivity (Wildman–Crippen MR) is 108 cm³/mol. The molecule has 1 fully saturated rings. The molecule has 3 N–H and O–H groups in total. The molecule has 0 aliphatic carbocycles. The summed E-state index contributed by atoms with van der Waals surface area (Å²) in [7, 11) is 0. The van der Waals surface area contributed by atoms with Gasteiger partial charge in [-0.25, -0.2) is 4.79 Å². The maximum absolute atomic E-state index is 11.7. The largest absolute Gasteiger partial charge is 0.445 e. The summed E-state index contributed by atoms with van der Waals surface area (Å²) in [6.45, 7) is 2.51. The topological polar surface area (TPSA) is 146 Å². The standard InChI is InChI=1S/C20H30N4O6/c1-14-16(12-25)30-19(17(18(14)26)23-24-21)28-11-7-3-6-10-22-20(27)29-13-15-8-4-2-5-9-15/h2,4-5,8-9,14,16-19,25-26H,3,6-7,10-13H2,1H3,(H,22,27)/t14-,16?,17?,18-,19+/m0/s1. The molecule has 10 heteroatoms. The lowest BCUT2D eigenvalue weighted by Crippen LogP contribution is -2.54. The number of amides is 1. The maximum Gasteiger partial charge on any atom is 0.407 e. The minimum absolute atomic E-state index is 0.230. The van der Waals surface area contributed by atoms with Gasteiger partial charge in [0.05, 0.1) is 18.8 Å². The van der Waals surface area contributed by atoms with E-state index in [2.05, 4.69) is 15.3 Å². The van der Waals surface area contributed by atoms with Crippen molar-refractivity contribution in [1.82, 2.24) is 5.32 Å². The first-order valence-corrected chi connectivity index (χ1v) is 10.1. The highest BCUT2D eigenvalue weighted by Crippen LogP contribution is 2.28. The van der Waals surface area contributed by atoms with Crippen LogP contribution in [0.25, 0.3) is 10.4 Å². The Balaban J connectivity index is 1.59. The fourth-order valence-electron chi connectivity index (χ4n) is 3.17. The first-order valence-electron chi connectivity index (χ1n) is 10.1. The summed E-state index contributed by atoms with van der Waals surface area (Å²) in [5.41, 5.74) is 9.65. The zero-order valence-corrected chi connectivity index (χ0v) is 17.1. The van der Waals surface area contributed by atoms with Crippen LogP contribution >= 0.6 is 0 Å². The fourth-order valence-corrected chi connectivity index (χ4v) is 3.17. The van der Waals surface area contributed by atoms with Crippen LogP contribution in [-0.4, -0.2) is 60.6 Å². The van der Waals surface area contributed by atoms with Crippen LogP contribution in [0.15, 0.2) is 35.4 Å². The number of aliphatic hydroxyl groups is 2. The number of hydrogen-bond donors (Lipinski definition) is 3. The second-order valence-corrected chi connectivity index (χ2v) is 7.19. The molecule has 0 spiro atoms. The molecule has 1 aliphatic rings. The van der Waals surface area contributed by atoms with Crippen molar-refractivity contribution in [3.05, 3.63) is 46.3 Å². The summed E-state index contributed by atoms with van der Waals surface area (Å²) in [4.78, 5) is 14.4. The lowest BCUT2D eigenvalue weighted by molar-refractivity contribution is -0.249. The predicted octanol–water partition coefficient (Wildman–Crippen LogP) is 2.49. The molecule has 1 heterocycles. The van der Waals surface area contributed by atoms with Crippen molar-refractivity contribution in [2.45, 2.75) is 57.3 Å². The Morgan fingerprint density at radius 3 is 2.77 bits per heavy atom. The lowest BCUT2D eigenvalue weighted by Gasteiger charge is -2.41. The third-order valence-corrected chi connectivity index (χ3v) is 5.01.